The van der Waals surface area contributed by atoms with E-state index in [1.165, 1.54) is 23.1 Å². The van der Waals surface area contributed by atoms with Crippen LogP contribution in [0.1, 0.15) is 26.7 Å². The van der Waals surface area contributed by atoms with Gasteiger partial charge < -0.3 is 24.6 Å². The Hall–Kier alpha value is -3.97. The quantitative estimate of drug-likeness (QED) is 0.342. The number of rotatable bonds is 7. The number of aromatic nitrogens is 1. The first-order valence-corrected chi connectivity index (χ1v) is 14.0. The molecular weight excluding hydrogens is 528 g/mol. The van der Waals surface area contributed by atoms with Gasteiger partial charge in [-0.25, -0.2) is 13.2 Å². The number of ketones is 1. The minimum absolute atomic E-state index is 0.00517. The van der Waals surface area contributed by atoms with Gasteiger partial charge in [0.05, 0.1) is 12.6 Å². The number of sulfonamides is 1. The Kier molecular flexibility index (Phi) is 7.03. The number of amides is 2. The van der Waals surface area contributed by atoms with E-state index in [0.717, 1.165) is 15.9 Å². The summed E-state index contributed by atoms with van der Waals surface area (Å²) in [7, 11) is -4.28. The predicted octanol–water partition coefficient (Wildman–Crippen LogP) is 1.81. The van der Waals surface area contributed by atoms with E-state index < -0.39 is 57.5 Å². The largest absolute Gasteiger partial charge is 0.618 e. The molecule has 5 rings (SSSR count). The summed E-state index contributed by atoms with van der Waals surface area (Å²) in [5.74, 6) is -0.987. The lowest BCUT2D eigenvalue weighted by atomic mass is 10.0. The zero-order valence-corrected chi connectivity index (χ0v) is 22.2. The SMILES string of the molecule is CC(C)CC(NC(=O)Oc1cc2ccccc2o1)C(=O)N1CCC2C1C(=O)CN2S(=O)(=O)c1cccc[n+]1[O-]. The number of furan rings is 1. The van der Waals surface area contributed by atoms with Crippen LogP contribution in [0.5, 0.6) is 5.95 Å². The van der Waals surface area contributed by atoms with Gasteiger partial charge in [0, 0.05) is 30.1 Å². The molecular formula is C26H28N4O8S. The molecule has 206 valence electrons. The summed E-state index contributed by atoms with van der Waals surface area (Å²) in [6.07, 6.45) is 0.651. The third-order valence-corrected chi connectivity index (χ3v) is 8.78. The topological polar surface area (TPSA) is 153 Å². The average Bonchev–Trinajstić information content (AvgIpc) is 3.57. The molecule has 0 spiro atoms. The number of ether oxygens (including phenoxy) is 1. The molecule has 4 heterocycles. The van der Waals surface area contributed by atoms with Crippen LogP contribution in [0.15, 0.2) is 64.2 Å². The predicted molar refractivity (Wildman–Crippen MR) is 137 cm³/mol. The molecule has 2 saturated heterocycles. The van der Waals surface area contributed by atoms with E-state index in [2.05, 4.69) is 5.32 Å². The molecule has 13 heteroatoms. The lowest BCUT2D eigenvalue weighted by Gasteiger charge is -2.28. The molecule has 3 unspecified atom stereocenters. The number of pyridine rings is 1. The van der Waals surface area contributed by atoms with Gasteiger partial charge in [0.25, 0.3) is 5.95 Å². The van der Waals surface area contributed by atoms with E-state index >= 15 is 0 Å². The maximum absolute atomic E-state index is 13.6. The summed E-state index contributed by atoms with van der Waals surface area (Å²) < 4.78 is 38.5. The fourth-order valence-electron chi connectivity index (χ4n) is 5.24. The van der Waals surface area contributed by atoms with Gasteiger partial charge in [-0.1, -0.05) is 32.0 Å². The van der Waals surface area contributed by atoms with Crippen molar-refractivity contribution in [1.82, 2.24) is 14.5 Å². The van der Waals surface area contributed by atoms with Gasteiger partial charge >= 0.3 is 21.1 Å². The smallest absolute Gasteiger partial charge is 0.415 e. The Bertz CT molecular complexity index is 1500. The Labute approximate surface area is 224 Å². The normalized spacial score (nSPS) is 20.4. The van der Waals surface area contributed by atoms with Gasteiger partial charge in [0.15, 0.2) is 12.0 Å². The summed E-state index contributed by atoms with van der Waals surface area (Å²) >= 11 is 0. The molecule has 1 N–H and O–H groups in total. The number of hydrogen-bond donors (Lipinski definition) is 1. The highest BCUT2D eigenvalue weighted by molar-refractivity contribution is 7.89. The molecule has 0 radical (unpaired) electrons. The number of likely N-dealkylation sites (tertiary alicyclic amines) is 1. The highest BCUT2D eigenvalue weighted by Crippen LogP contribution is 2.34. The first kappa shape index (κ1) is 26.6. The number of fused-ring (bicyclic) bond motifs is 2. The molecule has 2 amide bonds. The molecule has 2 fully saturated rings. The first-order chi connectivity index (χ1) is 18.6. The second-order valence-electron chi connectivity index (χ2n) is 10.0. The monoisotopic (exact) mass is 556 g/mol. The summed E-state index contributed by atoms with van der Waals surface area (Å²) in [5, 5.41) is 15.0. The molecule has 0 bridgehead atoms. The Morgan fingerprint density at radius 3 is 2.67 bits per heavy atom. The molecule has 0 saturated carbocycles. The molecule has 3 atom stereocenters. The third-order valence-electron chi connectivity index (χ3n) is 6.92. The Balaban J connectivity index is 1.32. The van der Waals surface area contributed by atoms with Gasteiger partial charge in [-0.15, -0.1) is 0 Å². The average molecular weight is 557 g/mol. The number of hydrogen-bond acceptors (Lipinski definition) is 8. The molecule has 2 aliphatic heterocycles. The molecule has 2 aromatic heterocycles. The number of carbonyl (C=O) groups is 3. The van der Waals surface area contributed by atoms with Crippen molar-refractivity contribution in [3.8, 4) is 5.95 Å². The number of nitrogens with one attached hydrogen (secondary N) is 1. The van der Waals surface area contributed by atoms with Crippen LogP contribution in [0.4, 0.5) is 4.79 Å². The lowest BCUT2D eigenvalue weighted by Crippen LogP contribution is -2.53. The van der Waals surface area contributed by atoms with Crippen molar-refractivity contribution in [2.24, 2.45) is 5.92 Å². The molecule has 3 aromatic rings. The standard InChI is InChI=1S/C26H28N4O8S/c1-16(2)13-18(27-26(33)38-23-14-17-7-3-4-8-21(17)37-23)25(32)28-12-10-19-24(28)20(31)15-30(19)39(35,36)22-9-5-6-11-29(22)34/h3-9,11,14,16,18-19,24H,10,12-13,15H2,1-2H3,(H,27,33). The zero-order valence-electron chi connectivity index (χ0n) is 21.3. The first-order valence-electron chi connectivity index (χ1n) is 12.6. The van der Waals surface area contributed by atoms with Crippen LogP contribution in [0.3, 0.4) is 0 Å². The van der Waals surface area contributed by atoms with Crippen molar-refractivity contribution in [1.29, 1.82) is 0 Å². The second-order valence-corrected chi connectivity index (χ2v) is 11.9. The minimum Gasteiger partial charge on any atom is -0.618 e. The van der Waals surface area contributed by atoms with Crippen LogP contribution >= 0.6 is 0 Å². The van der Waals surface area contributed by atoms with Gasteiger partial charge in [0.2, 0.25) is 5.91 Å². The second kappa shape index (κ2) is 10.3. The maximum atomic E-state index is 13.6. The molecule has 1 aromatic carbocycles. The molecule has 39 heavy (non-hydrogen) atoms. The number of nitrogens with zero attached hydrogens (tertiary/aromatic N) is 3. The van der Waals surface area contributed by atoms with Crippen molar-refractivity contribution in [3.63, 3.8) is 0 Å². The Morgan fingerprint density at radius 1 is 1.21 bits per heavy atom. The van der Waals surface area contributed by atoms with Crippen LogP contribution in [0.2, 0.25) is 0 Å². The van der Waals surface area contributed by atoms with Crippen LogP contribution in [-0.4, -0.2) is 66.6 Å². The number of carbonyl (C=O) groups excluding carboxylic acids is 3. The number of benzene rings is 1. The number of Topliss-reactive ketones (excluding diaryl/α,β-unsaturated/α-hetero) is 1. The van der Waals surface area contributed by atoms with E-state index in [4.69, 9.17) is 9.15 Å². The van der Waals surface area contributed by atoms with Gasteiger partial charge in [-0.05, 0) is 30.9 Å². The van der Waals surface area contributed by atoms with Crippen molar-refractivity contribution >= 4 is 38.8 Å². The fourth-order valence-corrected chi connectivity index (χ4v) is 6.89. The maximum Gasteiger partial charge on any atom is 0.415 e. The van der Waals surface area contributed by atoms with Gasteiger partial charge in [-0.2, -0.15) is 9.04 Å². The zero-order chi connectivity index (χ0) is 27.9. The highest BCUT2D eigenvalue weighted by Gasteiger charge is 2.55. The third kappa shape index (κ3) is 5.06. The lowest BCUT2D eigenvalue weighted by molar-refractivity contribution is -0.646. The number of para-hydroxylation sites is 1. The minimum atomic E-state index is -4.28. The van der Waals surface area contributed by atoms with E-state index in [1.54, 1.807) is 24.3 Å². The summed E-state index contributed by atoms with van der Waals surface area (Å²) in [6.45, 7) is 3.43. The Morgan fingerprint density at radius 2 is 1.95 bits per heavy atom. The van der Waals surface area contributed by atoms with Crippen LogP contribution in [0, 0.1) is 11.1 Å². The van der Waals surface area contributed by atoms with Crippen molar-refractivity contribution in [2.45, 2.75) is 49.8 Å². The van der Waals surface area contributed by atoms with Gasteiger partial charge in [-0.3, -0.25) is 9.59 Å². The summed E-state index contributed by atoms with van der Waals surface area (Å²) in [6, 6.07) is 9.85. The van der Waals surface area contributed by atoms with Crippen molar-refractivity contribution in [3.05, 3.63) is 59.9 Å². The van der Waals surface area contributed by atoms with Crippen molar-refractivity contribution in [2.75, 3.05) is 13.1 Å². The van der Waals surface area contributed by atoms with Crippen LogP contribution < -0.4 is 14.8 Å². The van der Waals surface area contributed by atoms with E-state index in [0.29, 0.717) is 5.58 Å². The van der Waals surface area contributed by atoms with E-state index in [9.17, 15) is 28.0 Å². The van der Waals surface area contributed by atoms with Gasteiger partial charge in [0.1, 0.15) is 17.7 Å². The molecule has 2 aliphatic rings. The van der Waals surface area contributed by atoms with Crippen LogP contribution in [0.25, 0.3) is 11.0 Å². The summed E-state index contributed by atoms with van der Waals surface area (Å²) in [5.41, 5.74) is 0.537. The van der Waals surface area contributed by atoms with Crippen molar-refractivity contribution < 1.29 is 36.7 Å². The van der Waals surface area contributed by atoms with Crippen LogP contribution in [-0.2, 0) is 19.6 Å². The summed E-state index contributed by atoms with van der Waals surface area (Å²) in [4.78, 5) is 40.7. The van der Waals surface area contributed by atoms with E-state index in [-0.39, 0.29) is 36.0 Å². The van der Waals surface area contributed by atoms with E-state index in [1.807, 2.05) is 19.9 Å². The molecule has 0 aliphatic carbocycles. The highest BCUT2D eigenvalue weighted by atomic mass is 32.2. The molecule has 12 nitrogen and oxygen atoms in total. The fraction of sp³-hybridized carbons (Fsp3) is 0.385.